The lowest BCUT2D eigenvalue weighted by molar-refractivity contribution is -0.137. The van der Waals surface area contributed by atoms with Crippen LogP contribution in [0.15, 0.2) is 51.4 Å². The molecule has 2 aromatic carbocycles. The molecule has 0 aliphatic rings. The summed E-state index contributed by atoms with van der Waals surface area (Å²) < 4.78 is 38.9. The lowest BCUT2D eigenvalue weighted by atomic mass is 10.1. The lowest BCUT2D eigenvalue weighted by Gasteiger charge is -2.09. The number of rotatable bonds is 3. The number of nitrogens with one attached hydrogen (secondary N) is 1. The first-order valence-electron chi connectivity index (χ1n) is 6.17. The summed E-state index contributed by atoms with van der Waals surface area (Å²) in [6.45, 7) is 0. The zero-order chi connectivity index (χ0) is 16.3. The van der Waals surface area contributed by atoms with E-state index in [1.54, 1.807) is 18.2 Å². The van der Waals surface area contributed by atoms with Crippen LogP contribution in [0.4, 0.5) is 18.9 Å². The number of halogens is 5. The van der Waals surface area contributed by atoms with E-state index in [2.05, 4.69) is 37.2 Å². The Morgan fingerprint density at radius 2 is 1.68 bits per heavy atom. The average molecular weight is 437 g/mol. The molecule has 0 heterocycles. The van der Waals surface area contributed by atoms with Crippen LogP contribution in [0.5, 0.6) is 0 Å². The molecule has 0 atom stereocenters. The molecule has 0 unspecified atom stereocenters. The summed E-state index contributed by atoms with van der Waals surface area (Å²) in [6, 6.07) is 9.83. The normalized spacial score (nSPS) is 11.3. The van der Waals surface area contributed by atoms with Crippen LogP contribution in [0.25, 0.3) is 0 Å². The van der Waals surface area contributed by atoms with Crippen molar-refractivity contribution in [3.63, 3.8) is 0 Å². The second-order valence-electron chi connectivity index (χ2n) is 4.54. The summed E-state index contributed by atoms with van der Waals surface area (Å²) in [5.41, 5.74) is 0.381. The van der Waals surface area contributed by atoms with Crippen LogP contribution in [0.3, 0.4) is 0 Å². The van der Waals surface area contributed by atoms with Crippen LogP contribution in [-0.4, -0.2) is 5.91 Å². The standard InChI is InChI=1S/C15H10Br2F3NO/c16-11-5-6-13(12(17)8-11)21-14(22)7-9-1-3-10(4-2-9)15(18,19)20/h1-6,8H,7H2,(H,21,22). The van der Waals surface area contributed by atoms with E-state index in [1.807, 2.05) is 0 Å². The number of hydrogen-bond acceptors (Lipinski definition) is 1. The van der Waals surface area contributed by atoms with Crippen molar-refractivity contribution in [2.45, 2.75) is 12.6 Å². The average Bonchev–Trinajstić information content (AvgIpc) is 2.41. The molecule has 7 heteroatoms. The first-order chi connectivity index (χ1) is 10.3. The van der Waals surface area contributed by atoms with Gasteiger partial charge in [0.25, 0.3) is 0 Å². The van der Waals surface area contributed by atoms with Gasteiger partial charge in [0.05, 0.1) is 17.7 Å². The van der Waals surface area contributed by atoms with Crippen LogP contribution in [0.2, 0.25) is 0 Å². The monoisotopic (exact) mass is 435 g/mol. The van der Waals surface area contributed by atoms with Gasteiger partial charge in [-0.3, -0.25) is 4.79 Å². The Morgan fingerprint density at radius 3 is 2.23 bits per heavy atom. The molecule has 2 nitrogen and oxygen atoms in total. The van der Waals surface area contributed by atoms with Gasteiger partial charge in [-0.2, -0.15) is 13.2 Å². The summed E-state index contributed by atoms with van der Waals surface area (Å²) in [4.78, 5) is 11.9. The SMILES string of the molecule is O=C(Cc1ccc(C(F)(F)F)cc1)Nc1ccc(Br)cc1Br. The Bertz CT molecular complexity index is 684. The molecule has 22 heavy (non-hydrogen) atoms. The molecule has 2 aromatic rings. The van der Waals surface area contributed by atoms with E-state index < -0.39 is 11.7 Å². The van der Waals surface area contributed by atoms with Crippen LogP contribution < -0.4 is 5.32 Å². The predicted octanol–water partition coefficient (Wildman–Crippen LogP) is 5.41. The van der Waals surface area contributed by atoms with Crippen molar-refractivity contribution in [3.05, 3.63) is 62.5 Å². The fraction of sp³-hybridized carbons (Fsp3) is 0.133. The Hall–Kier alpha value is -1.34. The predicted molar refractivity (Wildman–Crippen MR) is 85.6 cm³/mol. The van der Waals surface area contributed by atoms with Crippen molar-refractivity contribution in [1.29, 1.82) is 0 Å². The summed E-state index contributed by atoms with van der Waals surface area (Å²) in [6.07, 6.45) is -4.37. The second kappa shape index (κ2) is 6.83. The molecule has 0 aromatic heterocycles. The van der Waals surface area contributed by atoms with Crippen molar-refractivity contribution in [1.82, 2.24) is 0 Å². The highest BCUT2D eigenvalue weighted by atomic mass is 79.9. The maximum absolute atomic E-state index is 12.5. The molecule has 0 aliphatic carbocycles. The van der Waals surface area contributed by atoms with Gasteiger partial charge in [-0.15, -0.1) is 0 Å². The molecular weight excluding hydrogens is 427 g/mol. The molecule has 2 rings (SSSR count). The number of hydrogen-bond donors (Lipinski definition) is 1. The minimum absolute atomic E-state index is 0.000636. The first-order valence-corrected chi connectivity index (χ1v) is 7.75. The van der Waals surface area contributed by atoms with Crippen molar-refractivity contribution >= 4 is 43.5 Å². The largest absolute Gasteiger partial charge is 0.416 e. The molecule has 116 valence electrons. The Labute approximate surface area is 142 Å². The van der Waals surface area contributed by atoms with Gasteiger partial charge in [-0.1, -0.05) is 28.1 Å². The van der Waals surface area contributed by atoms with Crippen molar-refractivity contribution in [2.75, 3.05) is 5.32 Å². The van der Waals surface area contributed by atoms with E-state index in [1.165, 1.54) is 12.1 Å². The number of amides is 1. The van der Waals surface area contributed by atoms with Crippen LogP contribution in [0.1, 0.15) is 11.1 Å². The lowest BCUT2D eigenvalue weighted by Crippen LogP contribution is -2.15. The molecule has 1 N–H and O–H groups in total. The van der Waals surface area contributed by atoms with E-state index in [0.717, 1.165) is 16.6 Å². The van der Waals surface area contributed by atoms with E-state index >= 15 is 0 Å². The topological polar surface area (TPSA) is 29.1 Å². The smallest absolute Gasteiger partial charge is 0.325 e. The maximum atomic E-state index is 12.5. The molecule has 0 fully saturated rings. The molecule has 0 saturated carbocycles. The summed E-state index contributed by atoms with van der Waals surface area (Å²) in [7, 11) is 0. The molecule has 0 bridgehead atoms. The number of carbonyl (C=O) groups is 1. The second-order valence-corrected chi connectivity index (χ2v) is 6.31. The maximum Gasteiger partial charge on any atom is 0.416 e. The minimum atomic E-state index is -4.37. The van der Waals surface area contributed by atoms with E-state index in [0.29, 0.717) is 15.7 Å². The fourth-order valence-corrected chi connectivity index (χ4v) is 2.93. The van der Waals surface area contributed by atoms with Gasteiger partial charge in [-0.25, -0.2) is 0 Å². The van der Waals surface area contributed by atoms with Gasteiger partial charge in [-0.05, 0) is 51.8 Å². The minimum Gasteiger partial charge on any atom is -0.325 e. The number of benzene rings is 2. The molecule has 0 radical (unpaired) electrons. The molecule has 0 spiro atoms. The summed E-state index contributed by atoms with van der Waals surface area (Å²) >= 11 is 6.63. The zero-order valence-electron chi connectivity index (χ0n) is 11.0. The first kappa shape index (κ1) is 17.0. The number of alkyl halides is 3. The molecule has 1 amide bonds. The summed E-state index contributed by atoms with van der Waals surface area (Å²) in [5.74, 6) is -0.303. The Morgan fingerprint density at radius 1 is 1.05 bits per heavy atom. The Kier molecular flexibility index (Phi) is 5.28. The third-order valence-corrected chi connectivity index (χ3v) is 4.00. The van der Waals surface area contributed by atoms with Crippen LogP contribution in [-0.2, 0) is 17.4 Å². The third kappa shape index (κ3) is 4.58. The van der Waals surface area contributed by atoms with Gasteiger partial charge >= 0.3 is 6.18 Å². The molecular formula is C15H10Br2F3NO. The summed E-state index contributed by atoms with van der Waals surface area (Å²) in [5, 5.41) is 2.70. The van der Waals surface area contributed by atoms with Gasteiger partial charge < -0.3 is 5.32 Å². The van der Waals surface area contributed by atoms with Crippen LogP contribution >= 0.6 is 31.9 Å². The highest BCUT2D eigenvalue weighted by Crippen LogP contribution is 2.29. The highest BCUT2D eigenvalue weighted by Gasteiger charge is 2.29. The quantitative estimate of drug-likeness (QED) is 0.684. The van der Waals surface area contributed by atoms with Crippen LogP contribution in [0, 0.1) is 0 Å². The van der Waals surface area contributed by atoms with Crippen molar-refractivity contribution < 1.29 is 18.0 Å². The molecule has 0 saturated heterocycles. The third-order valence-electron chi connectivity index (χ3n) is 2.85. The Balaban J connectivity index is 2.03. The van der Waals surface area contributed by atoms with Gasteiger partial charge in [0, 0.05) is 8.95 Å². The molecule has 0 aliphatic heterocycles. The number of carbonyl (C=O) groups excluding carboxylic acids is 1. The fourth-order valence-electron chi connectivity index (χ4n) is 1.78. The van der Waals surface area contributed by atoms with Gasteiger partial charge in [0.15, 0.2) is 0 Å². The van der Waals surface area contributed by atoms with Gasteiger partial charge in [0.2, 0.25) is 5.91 Å². The van der Waals surface area contributed by atoms with Crippen molar-refractivity contribution in [3.8, 4) is 0 Å². The van der Waals surface area contributed by atoms with E-state index in [4.69, 9.17) is 0 Å². The van der Waals surface area contributed by atoms with E-state index in [-0.39, 0.29) is 12.3 Å². The number of anilines is 1. The van der Waals surface area contributed by atoms with E-state index in [9.17, 15) is 18.0 Å². The van der Waals surface area contributed by atoms with Gasteiger partial charge in [0.1, 0.15) is 0 Å². The zero-order valence-corrected chi connectivity index (χ0v) is 14.2. The highest BCUT2D eigenvalue weighted by molar-refractivity contribution is 9.11. The van der Waals surface area contributed by atoms with Crippen molar-refractivity contribution in [2.24, 2.45) is 0 Å².